The number of carbonyl (C=O) groups excluding carboxylic acids is 1. The van der Waals surface area contributed by atoms with Gasteiger partial charge in [-0.05, 0) is 39.0 Å². The third-order valence-electron chi connectivity index (χ3n) is 5.63. The molecule has 9 atom stereocenters. The molecule has 4 N–H and O–H groups in total. The van der Waals surface area contributed by atoms with Crippen LogP contribution in [-0.2, 0) is 9.53 Å². The van der Waals surface area contributed by atoms with Gasteiger partial charge in [0.25, 0.3) is 0 Å². The Morgan fingerprint density at radius 1 is 1.32 bits per heavy atom. The summed E-state index contributed by atoms with van der Waals surface area (Å²) in [6, 6.07) is -0.934. The first-order valence-corrected chi connectivity index (χ1v) is 11.3. The molecule has 0 bridgehead atoms. The van der Waals surface area contributed by atoms with Crippen LogP contribution in [0.5, 0.6) is 0 Å². The van der Waals surface area contributed by atoms with E-state index in [9.17, 15) is 20.1 Å². The van der Waals surface area contributed by atoms with Crippen molar-refractivity contribution in [3.63, 3.8) is 0 Å². The molecule has 2 aliphatic heterocycles. The maximum Gasteiger partial charge on any atom is 0.237 e. The smallest absolute Gasteiger partial charge is 0.237 e. The summed E-state index contributed by atoms with van der Waals surface area (Å²) in [6.07, 6.45) is -0.0980. The summed E-state index contributed by atoms with van der Waals surface area (Å²) in [4.78, 5) is 14.9. The SMILES string of the molecule is CCC[C@@H]1C[C@@H](C(=O)N[C@H](C(C)Cl)[C@H]2O[C@H](SC)[C@H](O)[C@@H](O)[C@H]2O)N(C)C1.Cl. The summed E-state index contributed by atoms with van der Waals surface area (Å²) >= 11 is 7.55. The number of likely N-dealkylation sites (tertiary alicyclic amines) is 1. The maximum absolute atomic E-state index is 12.9. The van der Waals surface area contributed by atoms with E-state index < -0.39 is 41.3 Å². The van der Waals surface area contributed by atoms with Crippen molar-refractivity contribution in [3.8, 4) is 0 Å². The molecular formula is C18H34Cl2N2O5S. The van der Waals surface area contributed by atoms with E-state index in [1.807, 2.05) is 11.9 Å². The van der Waals surface area contributed by atoms with E-state index in [1.54, 1.807) is 13.2 Å². The van der Waals surface area contributed by atoms with Crippen molar-refractivity contribution in [1.82, 2.24) is 10.2 Å². The van der Waals surface area contributed by atoms with Crippen molar-refractivity contribution in [3.05, 3.63) is 0 Å². The van der Waals surface area contributed by atoms with Gasteiger partial charge in [0.2, 0.25) is 5.91 Å². The highest BCUT2D eigenvalue weighted by Gasteiger charge is 2.48. The van der Waals surface area contributed by atoms with Gasteiger partial charge in [0.15, 0.2) is 0 Å². The zero-order valence-corrected chi connectivity index (χ0v) is 19.2. The fraction of sp³-hybridized carbons (Fsp3) is 0.944. The second-order valence-electron chi connectivity index (χ2n) is 7.73. The van der Waals surface area contributed by atoms with Gasteiger partial charge in [0.05, 0.1) is 17.5 Å². The van der Waals surface area contributed by atoms with Crippen molar-refractivity contribution >= 4 is 41.7 Å². The van der Waals surface area contributed by atoms with Crippen LogP contribution >= 0.6 is 35.8 Å². The number of halogens is 2. The average molecular weight is 461 g/mol. The number of amides is 1. The highest BCUT2D eigenvalue weighted by molar-refractivity contribution is 7.99. The molecule has 28 heavy (non-hydrogen) atoms. The van der Waals surface area contributed by atoms with E-state index in [0.29, 0.717) is 5.92 Å². The number of ether oxygens (including phenoxy) is 1. The molecule has 0 spiro atoms. The highest BCUT2D eigenvalue weighted by Crippen LogP contribution is 2.31. The highest BCUT2D eigenvalue weighted by atomic mass is 35.5. The van der Waals surface area contributed by atoms with Crippen LogP contribution in [0.25, 0.3) is 0 Å². The summed E-state index contributed by atoms with van der Waals surface area (Å²) in [5.74, 6) is 0.350. The summed E-state index contributed by atoms with van der Waals surface area (Å²) in [5, 5.41) is 33.0. The Kier molecular flexibility index (Phi) is 10.8. The largest absolute Gasteiger partial charge is 0.388 e. The molecule has 0 saturated carbocycles. The fourth-order valence-corrected chi connectivity index (χ4v) is 5.00. The van der Waals surface area contributed by atoms with Gasteiger partial charge in [-0.2, -0.15) is 0 Å². The minimum atomic E-state index is -1.36. The molecule has 166 valence electrons. The van der Waals surface area contributed by atoms with Crippen LogP contribution in [0, 0.1) is 5.92 Å². The molecule has 2 saturated heterocycles. The molecule has 0 aromatic heterocycles. The van der Waals surface area contributed by atoms with E-state index in [0.717, 1.165) is 25.8 Å². The van der Waals surface area contributed by atoms with Gasteiger partial charge in [0.1, 0.15) is 29.9 Å². The number of hydrogen-bond donors (Lipinski definition) is 4. The zero-order valence-electron chi connectivity index (χ0n) is 16.8. The number of alkyl halides is 1. The third-order valence-corrected chi connectivity index (χ3v) is 6.76. The van der Waals surface area contributed by atoms with Gasteiger partial charge >= 0.3 is 0 Å². The van der Waals surface area contributed by atoms with Gasteiger partial charge in [-0.15, -0.1) is 35.8 Å². The molecule has 1 unspecified atom stereocenters. The van der Waals surface area contributed by atoms with E-state index in [2.05, 4.69) is 12.2 Å². The molecule has 0 aliphatic carbocycles. The second kappa shape index (κ2) is 11.6. The predicted octanol–water partition coefficient (Wildman–Crippen LogP) is 0.811. The molecule has 0 aromatic carbocycles. The number of nitrogens with zero attached hydrogens (tertiary/aromatic N) is 1. The molecule has 10 heteroatoms. The Morgan fingerprint density at radius 3 is 2.50 bits per heavy atom. The van der Waals surface area contributed by atoms with Crippen LogP contribution < -0.4 is 5.32 Å². The molecule has 2 fully saturated rings. The van der Waals surface area contributed by atoms with Crippen molar-refractivity contribution in [1.29, 1.82) is 0 Å². The van der Waals surface area contributed by atoms with Gasteiger partial charge in [-0.25, -0.2) is 0 Å². The predicted molar refractivity (Wildman–Crippen MR) is 114 cm³/mol. The van der Waals surface area contributed by atoms with Crippen molar-refractivity contribution in [2.24, 2.45) is 5.92 Å². The lowest BCUT2D eigenvalue weighted by molar-refractivity contribution is -0.205. The third kappa shape index (κ3) is 5.88. The Balaban J connectivity index is 0.00000392. The summed E-state index contributed by atoms with van der Waals surface area (Å²) in [6.45, 7) is 4.74. The zero-order chi connectivity index (χ0) is 20.3. The first kappa shape index (κ1) is 26.2. The molecule has 2 aliphatic rings. The molecule has 2 rings (SSSR count). The van der Waals surface area contributed by atoms with Crippen molar-refractivity contribution in [2.45, 2.75) is 80.4 Å². The van der Waals surface area contributed by atoms with E-state index in [4.69, 9.17) is 16.3 Å². The van der Waals surface area contributed by atoms with Crippen molar-refractivity contribution < 1.29 is 24.9 Å². The van der Waals surface area contributed by atoms with Gasteiger partial charge < -0.3 is 25.4 Å². The number of aliphatic hydroxyl groups is 3. The average Bonchev–Trinajstić information content (AvgIpc) is 2.99. The first-order chi connectivity index (χ1) is 12.7. The second-order valence-corrected chi connectivity index (χ2v) is 9.36. The van der Waals surface area contributed by atoms with Gasteiger partial charge in [0, 0.05) is 6.54 Å². The first-order valence-electron chi connectivity index (χ1n) is 9.58. The van der Waals surface area contributed by atoms with E-state index in [1.165, 1.54) is 11.8 Å². The number of rotatable bonds is 7. The maximum atomic E-state index is 12.9. The van der Waals surface area contributed by atoms with Crippen LogP contribution in [0.4, 0.5) is 0 Å². The Labute approximate surface area is 182 Å². The molecule has 0 aromatic rings. The number of likely N-dealkylation sites (N-methyl/N-ethyl adjacent to an activating group) is 1. The Morgan fingerprint density at radius 2 is 1.96 bits per heavy atom. The number of thioether (sulfide) groups is 1. The minimum absolute atomic E-state index is 0. The van der Waals surface area contributed by atoms with Gasteiger partial charge in [-0.3, -0.25) is 9.69 Å². The monoisotopic (exact) mass is 460 g/mol. The van der Waals surface area contributed by atoms with Crippen molar-refractivity contribution in [2.75, 3.05) is 19.8 Å². The normalized spacial score (nSPS) is 38.5. The van der Waals surface area contributed by atoms with Crippen LogP contribution in [-0.4, -0.2) is 93.3 Å². The number of aliphatic hydroxyl groups excluding tert-OH is 3. The summed E-state index contributed by atoms with van der Waals surface area (Å²) < 4.78 is 5.79. The molecule has 7 nitrogen and oxygen atoms in total. The summed E-state index contributed by atoms with van der Waals surface area (Å²) in [7, 11) is 1.94. The topological polar surface area (TPSA) is 102 Å². The lowest BCUT2D eigenvalue weighted by atomic mass is 9.92. The Bertz CT molecular complexity index is 503. The van der Waals surface area contributed by atoms with Crippen LogP contribution in [0.2, 0.25) is 0 Å². The quantitative estimate of drug-likeness (QED) is 0.416. The van der Waals surface area contributed by atoms with Crippen LogP contribution in [0.3, 0.4) is 0 Å². The number of nitrogens with one attached hydrogen (secondary N) is 1. The summed E-state index contributed by atoms with van der Waals surface area (Å²) in [5.41, 5.74) is -0.702. The molecule has 0 radical (unpaired) electrons. The number of carbonyl (C=O) groups is 1. The standard InChI is InChI=1S/C18H33ClN2O5S.ClH/c1-5-6-10-7-11(21(3)8-10)17(25)20-12(9(2)19)16-14(23)13(22)15(24)18(26-16)27-4;/h9-16,18,22-24H,5-8H2,1-4H3,(H,20,25);1H/t9?,10-,11+,12-,13+,14-,15-,16-,18-;/m1./s1. The molecule has 1 amide bonds. The van der Waals surface area contributed by atoms with Gasteiger partial charge in [-0.1, -0.05) is 13.3 Å². The lowest BCUT2D eigenvalue weighted by Gasteiger charge is -2.44. The van der Waals surface area contributed by atoms with E-state index in [-0.39, 0.29) is 24.4 Å². The number of hydrogen-bond acceptors (Lipinski definition) is 7. The van der Waals surface area contributed by atoms with E-state index >= 15 is 0 Å². The minimum Gasteiger partial charge on any atom is -0.388 e. The van der Waals surface area contributed by atoms with Crippen LogP contribution in [0.1, 0.15) is 33.1 Å². The fourth-order valence-electron chi connectivity index (χ4n) is 4.11. The Hall–Kier alpha value is 0.200. The lowest BCUT2D eigenvalue weighted by Crippen LogP contribution is -2.65. The molecule has 2 heterocycles. The van der Waals surface area contributed by atoms with Crippen LogP contribution in [0.15, 0.2) is 0 Å². The molecular weight excluding hydrogens is 427 g/mol.